The molecule has 3 radical (unpaired) electrons. The van der Waals surface area contributed by atoms with Gasteiger partial charge in [0.1, 0.15) is 54.1 Å². The van der Waals surface area contributed by atoms with Crippen LogP contribution >= 0.6 is 39.1 Å². The van der Waals surface area contributed by atoms with Crippen LogP contribution in [0.3, 0.4) is 0 Å². The van der Waals surface area contributed by atoms with Crippen LogP contribution in [0.2, 0.25) is 56.5 Å². The number of hydrogen-bond acceptors (Lipinski definition) is 12. The van der Waals surface area contributed by atoms with Crippen LogP contribution in [0.1, 0.15) is 59.3 Å². The molecule has 6 N–H and O–H groups in total. The fraction of sp³-hybridized carbons (Fsp3) is 0.269. The summed E-state index contributed by atoms with van der Waals surface area (Å²) in [5.41, 5.74) is 17.5. The van der Waals surface area contributed by atoms with E-state index in [1.165, 1.54) is 51.6 Å². The summed E-state index contributed by atoms with van der Waals surface area (Å²) in [5, 5.41) is 8.51. The number of halogens is 4. The first-order valence-electron chi connectivity index (χ1n) is 39.8. The Balaban J connectivity index is 0.000000229. The zero-order chi connectivity index (χ0) is 86.2. The van der Waals surface area contributed by atoms with Gasteiger partial charge in [0.15, 0.2) is 18.9 Å². The first-order valence-corrected chi connectivity index (χ1v) is 49.1. The molecule has 0 saturated carbocycles. The van der Waals surface area contributed by atoms with E-state index in [-0.39, 0.29) is 63.8 Å². The summed E-state index contributed by atoms with van der Waals surface area (Å²) in [6.07, 6.45) is 26.2. The molecule has 33 heteroatoms. The van der Waals surface area contributed by atoms with Gasteiger partial charge in [0, 0.05) is 183 Å². The van der Waals surface area contributed by atoms with Crippen LogP contribution in [0.25, 0.3) is 68.1 Å². The van der Waals surface area contributed by atoms with Crippen molar-refractivity contribution in [1.29, 1.82) is 0 Å². The molecule has 126 heavy (non-hydrogen) atoms. The number of anilines is 1. The van der Waals surface area contributed by atoms with E-state index >= 15 is 0 Å². The van der Waals surface area contributed by atoms with Crippen molar-refractivity contribution in [2.45, 2.75) is 130 Å². The summed E-state index contributed by atoms with van der Waals surface area (Å²) in [5.74, 6) is 1.40. The van der Waals surface area contributed by atoms with E-state index in [0.717, 1.165) is 174 Å². The number of fused-ring (bicyclic) bond motifs is 7. The quantitative estimate of drug-likeness (QED) is 0.00949. The average molecular weight is 1900 g/mol. The zero-order valence-corrected chi connectivity index (χ0v) is 79.7. The van der Waals surface area contributed by atoms with E-state index in [0.29, 0.717) is 35.7 Å². The summed E-state index contributed by atoms with van der Waals surface area (Å²) >= 11 is 14.3. The predicted octanol–water partition coefficient (Wildman–Crippen LogP) is 16.5. The van der Waals surface area contributed by atoms with Crippen LogP contribution < -0.4 is 66.1 Å². The third kappa shape index (κ3) is 30.1. The summed E-state index contributed by atoms with van der Waals surface area (Å²) in [4.78, 5) is 69.1. The molecule has 0 spiro atoms. The smallest absolute Gasteiger partial charge is 1.00 e. The van der Waals surface area contributed by atoms with E-state index in [1.54, 1.807) is 61.6 Å². The number of hydrogen-bond donors (Lipinski definition) is 6. The minimum atomic E-state index is -1.08. The summed E-state index contributed by atoms with van der Waals surface area (Å²) < 4.78 is 22.2. The number of benzene rings is 4. The molecule has 18 rings (SSSR count). The van der Waals surface area contributed by atoms with Crippen LogP contribution in [0.15, 0.2) is 226 Å². The molecule has 0 saturated heterocycles. The van der Waals surface area contributed by atoms with E-state index in [4.69, 9.17) is 65.5 Å². The van der Waals surface area contributed by atoms with Gasteiger partial charge in [-0.05, 0) is 96.0 Å². The number of carbonyl (C=O) groups is 1. The van der Waals surface area contributed by atoms with Crippen molar-refractivity contribution in [1.82, 2.24) is 69.2 Å². The molecule has 0 fully saturated rings. The van der Waals surface area contributed by atoms with Gasteiger partial charge < -0.3 is 76.9 Å². The number of rotatable bonds is 17. The van der Waals surface area contributed by atoms with Crippen molar-refractivity contribution in [2.24, 2.45) is 0 Å². The molecule has 0 atom stereocenters. The maximum Gasteiger partial charge on any atom is 1.00 e. The van der Waals surface area contributed by atoms with Gasteiger partial charge in [0.05, 0.1) is 61.2 Å². The summed E-state index contributed by atoms with van der Waals surface area (Å²) in [6.45, 7) is 59.1. The fourth-order valence-electron chi connectivity index (χ4n) is 13.5. The van der Waals surface area contributed by atoms with Gasteiger partial charge in [-0.3, -0.25) is 9.88 Å². The molecule has 0 unspecified atom stereocenters. The van der Waals surface area contributed by atoms with Gasteiger partial charge in [0.25, 0.3) is 0 Å². The SMILES string of the molecule is BrCc1ccccc1.C.C[Si](C)(C)CCOCn1ccc2c(Cl)ncnc21.O=C(Cl)Oc1ccccc1.[B].[Br-].[C-]#[N+]c1c[nH]c2c1CCN(Cc1ccccc1)C2.[C-]#[N+]c1c[nH]c2c1CCN(c1ncnc3c1ccn3COCC[Si](C)(C)C)C2.[C-]#[N+]c1c[nH]c2c1CCNC2.[C-]#[N+]c1c[nH]c2c[n+](Cc3ccccc3)ccc12.[C-]#[N+]c1c[nH]c2cnccc12.[H-].[Na+]. The van der Waals surface area contributed by atoms with Gasteiger partial charge in [0.2, 0.25) is 28.4 Å². The van der Waals surface area contributed by atoms with Crippen LogP contribution in [0.5, 0.6) is 5.75 Å². The molecule has 11 aromatic heterocycles. The molecular formula is C93H102BBr2Cl2N21NaO4Si2. The Kier molecular flexibility index (Phi) is 41.7. The molecule has 0 amide bonds. The molecule has 25 nitrogen and oxygen atoms in total. The third-order valence-electron chi connectivity index (χ3n) is 20.0. The molecule has 0 bridgehead atoms. The molecule has 14 heterocycles. The normalized spacial score (nSPS) is 12.0. The zero-order valence-electron chi connectivity index (χ0n) is 72.0. The van der Waals surface area contributed by atoms with Crippen molar-refractivity contribution in [3.05, 3.63) is 339 Å². The number of H-pyrrole nitrogens is 5. The van der Waals surface area contributed by atoms with Crippen molar-refractivity contribution >= 4 is 147 Å². The number of alkyl halides is 1. The van der Waals surface area contributed by atoms with Crippen molar-refractivity contribution in [3.63, 3.8) is 0 Å². The molecule has 0 aliphatic carbocycles. The predicted molar refractivity (Wildman–Crippen MR) is 508 cm³/mol. The standard InChI is InChI=1S/C20H26N6OSi.C15H15N3.C15H11N3.C12H18ClN3OSi.C8H9N3.C8H5N3.C7H7Br.C7H5ClO2.CH4.B.BrH.Na.H/c1-21-17-11-22-18-12-25(7-5-15(17)18)19-16-6-8-26(20(16)24-13-23-19)14-27-9-10-28(2,3)4;2*1-16-14-9-17-15-11-18(8-7-13(14)15)10-12-5-3-2-4-6-12;1-18(2,3)7-6-17-9-16-5-4-10-11(13)14-8-15-12(10)16;2*1-9-7-5-11-8-4-10-3-2-6(7)8;8-6-7-4-2-1-3-5-7;8-7(9)10-6-4-2-1-3-5-6;;;;;/h6,8,11,13,22H,5,7,9-10,12,14H2,2-4H3;2-6,9,17H,7-8,10-11H2;2-9,11H,10H2;4-5,8H,6-7,9H2,1-3H3;5,10-11H,2-4H2;2-5,11H;1-5H,6H2;1-5H;1H4;;1H;;/q;;;;;;;;;;;+1;-1. The van der Waals surface area contributed by atoms with Gasteiger partial charge in [-0.15, -0.1) is 0 Å². The Bertz CT molecular complexity index is 6130. The topological polar surface area (TPSA) is 242 Å². The van der Waals surface area contributed by atoms with Crippen LogP contribution in [-0.2, 0) is 80.3 Å². The number of para-hydroxylation sites is 1. The monoisotopic (exact) mass is 1890 g/mol. The molecule has 643 valence electrons. The minimum absolute atomic E-state index is 0. The first kappa shape index (κ1) is 102. The van der Waals surface area contributed by atoms with Crippen LogP contribution in [0, 0.1) is 32.9 Å². The van der Waals surface area contributed by atoms with Gasteiger partial charge in [-0.25, -0.2) is 49.0 Å². The van der Waals surface area contributed by atoms with E-state index in [2.05, 4.69) is 208 Å². The second-order valence-electron chi connectivity index (χ2n) is 31.1. The maximum absolute atomic E-state index is 10.2. The Morgan fingerprint density at radius 1 is 0.563 bits per heavy atom. The first-order chi connectivity index (χ1) is 59.2. The second kappa shape index (κ2) is 51.5. The molecule has 3 aliphatic heterocycles. The summed E-state index contributed by atoms with van der Waals surface area (Å²) in [7, 11) is -2.11. The van der Waals surface area contributed by atoms with E-state index in [9.17, 15) is 4.79 Å². The van der Waals surface area contributed by atoms with Crippen molar-refractivity contribution < 1.29 is 71.5 Å². The molecule has 4 aromatic carbocycles. The second-order valence-corrected chi connectivity index (χ2v) is 43.5. The van der Waals surface area contributed by atoms with E-state index < -0.39 is 21.6 Å². The molecular weight excluding hydrogens is 1800 g/mol. The van der Waals surface area contributed by atoms with Gasteiger partial charge in [-0.1, -0.05) is 183 Å². The van der Waals surface area contributed by atoms with Gasteiger partial charge in [-0.2, -0.15) is 4.57 Å². The largest absolute Gasteiger partial charge is 1.00 e. The average Bonchev–Trinajstić information content (AvgIpc) is 1.64. The minimum Gasteiger partial charge on any atom is -1.00 e. The van der Waals surface area contributed by atoms with Crippen molar-refractivity contribution in [2.75, 3.05) is 37.7 Å². The number of aromatic nitrogens is 13. The van der Waals surface area contributed by atoms with Gasteiger partial charge >= 0.3 is 35.0 Å². The number of nitrogens with zero attached hydrogens (tertiary/aromatic N) is 15. The Morgan fingerprint density at radius 3 is 1.60 bits per heavy atom. The third-order valence-corrected chi connectivity index (χ3v) is 24.4. The Labute approximate surface area is 793 Å². The Hall–Kier alpha value is -11.1. The maximum atomic E-state index is 10.2. The number of ether oxygens (including phenoxy) is 3. The number of nitrogens with one attached hydrogen (secondary N) is 6. The van der Waals surface area contributed by atoms with Crippen molar-refractivity contribution in [3.8, 4) is 5.75 Å². The number of aromatic amines is 5. The fourth-order valence-corrected chi connectivity index (χ4v) is 15.7. The number of pyridine rings is 2. The van der Waals surface area contributed by atoms with Crippen LogP contribution in [-0.4, -0.2) is 127 Å². The molecule has 3 aliphatic rings. The molecule has 15 aromatic rings. The van der Waals surface area contributed by atoms with Crippen LogP contribution in [0.4, 0.5) is 39.0 Å². The van der Waals surface area contributed by atoms with E-state index in [1.807, 2.05) is 113 Å². The number of carbonyl (C=O) groups excluding carboxylic acids is 1. The Morgan fingerprint density at radius 2 is 1.05 bits per heavy atom. The summed E-state index contributed by atoms with van der Waals surface area (Å²) in [6, 6.07) is 49.9.